The minimum atomic E-state index is -4.55. The zero-order valence-corrected chi connectivity index (χ0v) is 22.8. The summed E-state index contributed by atoms with van der Waals surface area (Å²) in [7, 11) is 0. The molecule has 1 aliphatic carbocycles. The highest BCUT2D eigenvalue weighted by molar-refractivity contribution is 5.89. The van der Waals surface area contributed by atoms with Crippen molar-refractivity contribution >= 4 is 22.8 Å². The Morgan fingerprint density at radius 3 is 2.35 bits per heavy atom. The second-order valence-electron chi connectivity index (χ2n) is 10.7. The number of halogens is 8. The minimum Gasteiger partial charge on any atom is -0.363 e. The van der Waals surface area contributed by atoms with Crippen molar-refractivity contribution in [3.63, 3.8) is 0 Å². The number of imidazole rings is 1. The average Bonchev–Trinajstić information content (AvgIpc) is 3.50. The molecule has 1 aliphatic rings. The van der Waals surface area contributed by atoms with Gasteiger partial charge in [0.15, 0.2) is 5.82 Å². The van der Waals surface area contributed by atoms with Gasteiger partial charge in [0, 0.05) is 19.3 Å². The van der Waals surface area contributed by atoms with Crippen molar-refractivity contribution in [2.24, 2.45) is 11.7 Å². The van der Waals surface area contributed by atoms with Crippen molar-refractivity contribution in [2.75, 3.05) is 0 Å². The molecule has 0 bridgehead atoms. The van der Waals surface area contributed by atoms with Crippen molar-refractivity contribution in [2.45, 2.75) is 88.6 Å². The van der Waals surface area contributed by atoms with E-state index in [1.807, 2.05) is 0 Å². The maximum absolute atomic E-state index is 14.0. The van der Waals surface area contributed by atoms with Gasteiger partial charge in [-0.2, -0.15) is 31.4 Å². The van der Waals surface area contributed by atoms with Crippen LogP contribution in [0.2, 0.25) is 0 Å². The number of nitrogens with two attached hydrogens (primary N) is 1. The molecular formula is C26H29F8N7O2. The summed E-state index contributed by atoms with van der Waals surface area (Å²) in [5.41, 5.74) is 6.72. The van der Waals surface area contributed by atoms with Crippen LogP contribution in [-0.4, -0.2) is 54.8 Å². The summed E-state index contributed by atoms with van der Waals surface area (Å²) in [6.07, 6.45) is -13.2. The first-order chi connectivity index (χ1) is 19.9. The lowest BCUT2D eigenvalue weighted by Crippen LogP contribution is -2.29. The summed E-state index contributed by atoms with van der Waals surface area (Å²) in [6.45, 7) is 0.845. The number of aromatic amines is 1. The first-order valence-corrected chi connectivity index (χ1v) is 13.5. The van der Waals surface area contributed by atoms with Gasteiger partial charge in [0.05, 0.1) is 42.4 Å². The zero-order valence-electron chi connectivity index (χ0n) is 22.8. The number of rotatable bonds is 10. The molecule has 2 heterocycles. The van der Waals surface area contributed by atoms with E-state index in [0.29, 0.717) is 16.6 Å². The van der Waals surface area contributed by atoms with Gasteiger partial charge in [0.1, 0.15) is 5.82 Å². The Hall–Kier alpha value is -3.79. The van der Waals surface area contributed by atoms with Gasteiger partial charge in [-0.25, -0.2) is 23.4 Å². The first-order valence-electron chi connectivity index (χ1n) is 13.5. The smallest absolute Gasteiger partial charge is 0.363 e. The summed E-state index contributed by atoms with van der Waals surface area (Å²) in [5, 5.41) is 6.64. The number of primary amides is 1. The largest absolute Gasteiger partial charge is 0.390 e. The number of carbonyl (C=O) groups excluding carboxylic acids is 2. The first kappa shape index (κ1) is 32.1. The standard InChI is InChI=1S/C26H29F8N7O2/c1-13(36-18(42)6-9-25(29,30)31)15-2-3-16-17(12-15)38-21(37-16)19(14-4-7-24(27,28)8-5-14)22-39-23(20(35)43)41(40-22)11-10-26(32,33)34/h2-3,12-14,19H,4-11H2,1H3,(H2,35,43)(H,36,42)(H,37,38)/t13-,19+/m1/s1. The number of alkyl halides is 8. The van der Waals surface area contributed by atoms with Gasteiger partial charge in [0.25, 0.3) is 5.91 Å². The fourth-order valence-electron chi connectivity index (χ4n) is 5.13. The van der Waals surface area contributed by atoms with Gasteiger partial charge < -0.3 is 16.0 Å². The van der Waals surface area contributed by atoms with Crippen LogP contribution in [0.15, 0.2) is 18.2 Å². The lowest BCUT2D eigenvalue weighted by atomic mass is 9.78. The monoisotopic (exact) mass is 623 g/mol. The number of amides is 2. The highest BCUT2D eigenvalue weighted by Gasteiger charge is 2.41. The molecule has 0 spiro atoms. The molecule has 0 saturated heterocycles. The lowest BCUT2D eigenvalue weighted by Gasteiger charge is -2.31. The van der Waals surface area contributed by atoms with Crippen LogP contribution < -0.4 is 11.1 Å². The van der Waals surface area contributed by atoms with E-state index in [9.17, 15) is 44.7 Å². The molecule has 2 amide bonds. The van der Waals surface area contributed by atoms with Gasteiger partial charge in [0.2, 0.25) is 17.7 Å². The second kappa shape index (κ2) is 12.1. The number of aryl methyl sites for hydroxylation is 1. The summed E-state index contributed by atoms with van der Waals surface area (Å²) in [5.74, 6) is -6.61. The van der Waals surface area contributed by atoms with Crippen LogP contribution in [0.4, 0.5) is 35.1 Å². The molecule has 1 saturated carbocycles. The minimum absolute atomic E-state index is 0.0178. The molecule has 236 valence electrons. The van der Waals surface area contributed by atoms with E-state index in [4.69, 9.17) is 5.73 Å². The van der Waals surface area contributed by atoms with E-state index in [-0.39, 0.29) is 24.5 Å². The molecule has 2 atom stereocenters. The van der Waals surface area contributed by atoms with Crippen LogP contribution in [0.5, 0.6) is 0 Å². The fraction of sp³-hybridized carbons (Fsp3) is 0.577. The van der Waals surface area contributed by atoms with Crippen LogP contribution in [-0.2, 0) is 11.3 Å². The van der Waals surface area contributed by atoms with Crippen molar-refractivity contribution in [3.05, 3.63) is 41.2 Å². The summed E-state index contributed by atoms with van der Waals surface area (Å²) in [4.78, 5) is 35.7. The second-order valence-corrected chi connectivity index (χ2v) is 10.7. The molecule has 0 aliphatic heterocycles. The Balaban J connectivity index is 1.66. The lowest BCUT2D eigenvalue weighted by molar-refractivity contribution is -0.144. The third-order valence-electron chi connectivity index (χ3n) is 7.36. The van der Waals surface area contributed by atoms with Crippen molar-refractivity contribution in [3.8, 4) is 0 Å². The highest BCUT2D eigenvalue weighted by Crippen LogP contribution is 2.44. The number of aromatic nitrogens is 5. The van der Waals surface area contributed by atoms with Crippen molar-refractivity contribution < 1.29 is 44.7 Å². The number of hydrogen-bond donors (Lipinski definition) is 3. The van der Waals surface area contributed by atoms with Gasteiger partial charge in [-0.3, -0.25) is 9.59 Å². The van der Waals surface area contributed by atoms with Crippen LogP contribution in [0.3, 0.4) is 0 Å². The third kappa shape index (κ3) is 8.40. The zero-order chi connectivity index (χ0) is 31.7. The van der Waals surface area contributed by atoms with Gasteiger partial charge in [-0.1, -0.05) is 6.07 Å². The van der Waals surface area contributed by atoms with E-state index in [2.05, 4.69) is 25.4 Å². The molecule has 17 heteroatoms. The summed E-state index contributed by atoms with van der Waals surface area (Å²) in [6, 6.07) is 4.13. The number of fused-ring (bicyclic) bond motifs is 1. The van der Waals surface area contributed by atoms with Crippen molar-refractivity contribution in [1.29, 1.82) is 0 Å². The predicted octanol–water partition coefficient (Wildman–Crippen LogP) is 5.68. The Kier molecular flexibility index (Phi) is 9.02. The predicted molar refractivity (Wildman–Crippen MR) is 136 cm³/mol. The van der Waals surface area contributed by atoms with Crippen LogP contribution >= 0.6 is 0 Å². The number of carbonyl (C=O) groups is 2. The maximum atomic E-state index is 14.0. The molecule has 9 nitrogen and oxygen atoms in total. The molecule has 0 unspecified atom stereocenters. The van der Waals surface area contributed by atoms with E-state index in [0.717, 1.165) is 4.68 Å². The number of nitrogens with zero attached hydrogens (tertiary/aromatic N) is 4. The maximum Gasteiger partial charge on any atom is 0.390 e. The topological polar surface area (TPSA) is 132 Å². The van der Waals surface area contributed by atoms with Crippen LogP contribution in [0, 0.1) is 5.92 Å². The average molecular weight is 624 g/mol. The number of hydrogen-bond acceptors (Lipinski definition) is 5. The molecule has 4 N–H and O–H groups in total. The molecule has 1 aromatic carbocycles. The SMILES string of the molecule is C[C@@H](NC(=O)CCC(F)(F)F)c1ccc2nc([C@@H](c3nc(C(N)=O)n(CCC(F)(F)F)n3)C3CCC(F)(F)CC3)[nH]c2c1. The molecule has 43 heavy (non-hydrogen) atoms. The Bertz CT molecular complexity index is 1450. The third-order valence-corrected chi connectivity index (χ3v) is 7.36. The summed E-state index contributed by atoms with van der Waals surface area (Å²) < 4.78 is 105. The van der Waals surface area contributed by atoms with E-state index >= 15 is 0 Å². The molecule has 1 fully saturated rings. The molecule has 4 rings (SSSR count). The van der Waals surface area contributed by atoms with Gasteiger partial charge in [-0.05, 0) is 43.4 Å². The molecular weight excluding hydrogens is 594 g/mol. The van der Waals surface area contributed by atoms with Crippen molar-refractivity contribution in [1.82, 2.24) is 30.0 Å². The highest BCUT2D eigenvalue weighted by atomic mass is 19.4. The Morgan fingerprint density at radius 2 is 1.74 bits per heavy atom. The van der Waals surface area contributed by atoms with Crippen LogP contribution in [0.25, 0.3) is 11.0 Å². The number of benzene rings is 1. The molecule has 3 aromatic rings. The number of H-pyrrole nitrogens is 1. The number of nitrogens with one attached hydrogen (secondary N) is 2. The quantitative estimate of drug-likeness (QED) is 0.250. The van der Waals surface area contributed by atoms with E-state index in [1.165, 1.54) is 0 Å². The molecule has 2 aromatic heterocycles. The van der Waals surface area contributed by atoms with E-state index in [1.54, 1.807) is 25.1 Å². The van der Waals surface area contributed by atoms with Crippen LogP contribution in [0.1, 0.15) is 91.7 Å². The fourth-order valence-corrected chi connectivity index (χ4v) is 5.13. The van der Waals surface area contributed by atoms with Gasteiger partial charge in [-0.15, -0.1) is 0 Å². The van der Waals surface area contributed by atoms with Gasteiger partial charge >= 0.3 is 12.4 Å². The Morgan fingerprint density at radius 1 is 1.09 bits per heavy atom. The Labute approximate surface area is 239 Å². The normalized spacial score (nSPS) is 17.6. The van der Waals surface area contributed by atoms with E-state index < -0.39 is 92.4 Å². The molecule has 0 radical (unpaired) electrons. The summed E-state index contributed by atoms with van der Waals surface area (Å²) >= 11 is 0.